The highest BCUT2D eigenvalue weighted by atomic mass is 16.1. The Morgan fingerprint density at radius 3 is 2.44 bits per heavy atom. The van der Waals surface area contributed by atoms with Gasteiger partial charge in [0.2, 0.25) is 0 Å². The molecule has 4 heteroatoms. The van der Waals surface area contributed by atoms with Crippen molar-refractivity contribution in [3.63, 3.8) is 0 Å². The molecule has 25 heavy (non-hydrogen) atoms. The van der Waals surface area contributed by atoms with E-state index < -0.39 is 0 Å². The molecule has 3 rings (SSSR count). The summed E-state index contributed by atoms with van der Waals surface area (Å²) in [5.74, 6) is -0.0199. The van der Waals surface area contributed by atoms with Crippen molar-refractivity contribution < 1.29 is 4.79 Å². The van der Waals surface area contributed by atoms with Gasteiger partial charge < -0.3 is 9.88 Å². The van der Waals surface area contributed by atoms with Crippen LogP contribution in [0, 0.1) is 6.92 Å². The van der Waals surface area contributed by atoms with Crippen molar-refractivity contribution in [1.29, 1.82) is 0 Å². The maximum Gasteiger partial charge on any atom is 0.268 e. The first-order valence-electron chi connectivity index (χ1n) is 9.34. The van der Waals surface area contributed by atoms with Gasteiger partial charge in [-0.25, -0.2) is 0 Å². The van der Waals surface area contributed by atoms with E-state index in [1.807, 2.05) is 30.7 Å². The standard InChI is InChI=1S/C21H29N3O/c1-17-10-11-20(23(17)2)21(25)22-15-18-8-7-9-19(14-18)16-24-12-5-3-4-6-13-24/h7-11,14H,3-6,12-13,15-16H2,1-2H3,(H,22,25). The van der Waals surface area contributed by atoms with Crippen LogP contribution in [0.1, 0.15) is 53.0 Å². The summed E-state index contributed by atoms with van der Waals surface area (Å²) in [7, 11) is 1.92. The van der Waals surface area contributed by atoms with Crippen molar-refractivity contribution in [2.24, 2.45) is 7.05 Å². The highest BCUT2D eigenvalue weighted by Gasteiger charge is 2.12. The van der Waals surface area contributed by atoms with Gasteiger partial charge in [-0.2, -0.15) is 0 Å². The Bertz CT molecular complexity index is 712. The molecule has 1 aliphatic heterocycles. The summed E-state index contributed by atoms with van der Waals surface area (Å²) in [4.78, 5) is 14.9. The molecule has 0 radical (unpaired) electrons. The predicted molar refractivity (Wildman–Crippen MR) is 102 cm³/mol. The Hall–Kier alpha value is -2.07. The van der Waals surface area contributed by atoms with Crippen LogP contribution in [0.2, 0.25) is 0 Å². The van der Waals surface area contributed by atoms with Crippen LogP contribution in [0.5, 0.6) is 0 Å². The average molecular weight is 339 g/mol. The third-order valence-corrected chi connectivity index (χ3v) is 5.15. The van der Waals surface area contributed by atoms with E-state index in [9.17, 15) is 4.79 Å². The molecule has 1 saturated heterocycles. The number of amides is 1. The van der Waals surface area contributed by atoms with Crippen LogP contribution in [0.4, 0.5) is 0 Å². The lowest BCUT2D eigenvalue weighted by molar-refractivity contribution is 0.0942. The maximum absolute atomic E-state index is 12.4. The fourth-order valence-corrected chi connectivity index (χ4v) is 3.50. The van der Waals surface area contributed by atoms with Crippen LogP contribution >= 0.6 is 0 Å². The minimum absolute atomic E-state index is 0.0199. The van der Waals surface area contributed by atoms with Gasteiger partial charge in [0.25, 0.3) is 5.91 Å². The third kappa shape index (κ3) is 4.73. The van der Waals surface area contributed by atoms with Gasteiger partial charge in [-0.1, -0.05) is 37.1 Å². The molecule has 4 nitrogen and oxygen atoms in total. The van der Waals surface area contributed by atoms with Crippen molar-refractivity contribution in [1.82, 2.24) is 14.8 Å². The van der Waals surface area contributed by atoms with Gasteiger partial charge in [-0.05, 0) is 56.1 Å². The number of benzene rings is 1. The van der Waals surface area contributed by atoms with Crippen LogP contribution < -0.4 is 5.32 Å². The maximum atomic E-state index is 12.4. The lowest BCUT2D eigenvalue weighted by Crippen LogP contribution is -2.25. The minimum atomic E-state index is -0.0199. The van der Waals surface area contributed by atoms with Crippen LogP contribution in [0.3, 0.4) is 0 Å². The zero-order valence-electron chi connectivity index (χ0n) is 15.4. The highest BCUT2D eigenvalue weighted by molar-refractivity contribution is 5.92. The van der Waals surface area contributed by atoms with E-state index in [1.54, 1.807) is 0 Å². The van der Waals surface area contributed by atoms with Gasteiger partial charge in [0, 0.05) is 25.8 Å². The number of nitrogens with zero attached hydrogens (tertiary/aromatic N) is 2. The van der Waals surface area contributed by atoms with E-state index in [4.69, 9.17) is 0 Å². The average Bonchev–Trinajstić information content (AvgIpc) is 2.80. The number of hydrogen-bond acceptors (Lipinski definition) is 2. The number of likely N-dealkylation sites (tertiary alicyclic amines) is 1. The second kappa shape index (κ2) is 8.34. The summed E-state index contributed by atoms with van der Waals surface area (Å²) in [5, 5.41) is 3.04. The lowest BCUT2D eigenvalue weighted by atomic mass is 10.1. The number of rotatable bonds is 5. The number of hydrogen-bond donors (Lipinski definition) is 1. The van der Waals surface area contributed by atoms with Crippen molar-refractivity contribution in [2.45, 2.75) is 45.7 Å². The zero-order chi connectivity index (χ0) is 17.6. The number of carbonyl (C=O) groups excluding carboxylic acids is 1. The lowest BCUT2D eigenvalue weighted by Gasteiger charge is -2.20. The first-order valence-corrected chi connectivity index (χ1v) is 9.34. The van der Waals surface area contributed by atoms with Crippen LogP contribution in [0.15, 0.2) is 36.4 Å². The van der Waals surface area contributed by atoms with Crippen LogP contribution in [-0.2, 0) is 20.1 Å². The third-order valence-electron chi connectivity index (χ3n) is 5.15. The fourth-order valence-electron chi connectivity index (χ4n) is 3.50. The molecule has 134 valence electrons. The molecule has 0 aliphatic carbocycles. The van der Waals surface area contributed by atoms with E-state index in [1.165, 1.54) is 44.3 Å². The molecule has 0 saturated carbocycles. The molecule has 0 bridgehead atoms. The summed E-state index contributed by atoms with van der Waals surface area (Å²) >= 11 is 0. The number of nitrogens with one attached hydrogen (secondary N) is 1. The normalized spacial score (nSPS) is 15.8. The van der Waals surface area contributed by atoms with Crippen molar-refractivity contribution in [3.8, 4) is 0 Å². The molecule has 1 aromatic carbocycles. The summed E-state index contributed by atoms with van der Waals surface area (Å²) in [6.45, 7) is 5.99. The summed E-state index contributed by atoms with van der Waals surface area (Å²) in [6.07, 6.45) is 5.35. The molecule has 1 N–H and O–H groups in total. The van der Waals surface area contributed by atoms with Crippen molar-refractivity contribution >= 4 is 5.91 Å². The van der Waals surface area contributed by atoms with Gasteiger partial charge in [0.15, 0.2) is 0 Å². The molecular weight excluding hydrogens is 310 g/mol. The van der Waals surface area contributed by atoms with Gasteiger partial charge in [0.1, 0.15) is 5.69 Å². The molecule has 2 aromatic rings. The fraction of sp³-hybridized carbons (Fsp3) is 0.476. The van der Waals surface area contributed by atoms with Gasteiger partial charge in [0.05, 0.1) is 0 Å². The summed E-state index contributed by atoms with van der Waals surface area (Å²) < 4.78 is 1.92. The van der Waals surface area contributed by atoms with E-state index in [-0.39, 0.29) is 5.91 Å². The van der Waals surface area contributed by atoms with E-state index in [0.717, 1.165) is 17.8 Å². The molecule has 1 aliphatic rings. The summed E-state index contributed by atoms with van der Waals surface area (Å²) in [5.41, 5.74) is 4.29. The van der Waals surface area contributed by atoms with E-state index in [0.29, 0.717) is 12.2 Å². The van der Waals surface area contributed by atoms with Crippen LogP contribution in [0.25, 0.3) is 0 Å². The van der Waals surface area contributed by atoms with Gasteiger partial charge in [-0.15, -0.1) is 0 Å². The molecule has 0 unspecified atom stereocenters. The molecular formula is C21H29N3O. The molecule has 1 amide bonds. The van der Waals surface area contributed by atoms with Gasteiger partial charge in [-0.3, -0.25) is 9.69 Å². The monoisotopic (exact) mass is 339 g/mol. The minimum Gasteiger partial charge on any atom is -0.347 e. The first-order chi connectivity index (χ1) is 12.1. The SMILES string of the molecule is Cc1ccc(C(=O)NCc2cccc(CN3CCCCCC3)c2)n1C. The van der Waals surface area contributed by atoms with E-state index >= 15 is 0 Å². The molecule has 0 atom stereocenters. The van der Waals surface area contributed by atoms with E-state index in [2.05, 4.69) is 34.5 Å². The number of aryl methyl sites for hydroxylation is 1. The second-order valence-corrected chi connectivity index (χ2v) is 7.11. The molecule has 0 spiro atoms. The van der Waals surface area contributed by atoms with Gasteiger partial charge >= 0.3 is 0 Å². The Labute approximate surface area is 150 Å². The Balaban J connectivity index is 1.58. The smallest absolute Gasteiger partial charge is 0.268 e. The highest BCUT2D eigenvalue weighted by Crippen LogP contribution is 2.14. The summed E-state index contributed by atoms with van der Waals surface area (Å²) in [6, 6.07) is 12.4. The number of carbonyl (C=O) groups is 1. The van der Waals surface area contributed by atoms with Crippen molar-refractivity contribution in [3.05, 3.63) is 58.9 Å². The zero-order valence-corrected chi connectivity index (χ0v) is 15.4. The second-order valence-electron chi connectivity index (χ2n) is 7.11. The number of aromatic nitrogens is 1. The molecule has 1 aromatic heterocycles. The largest absolute Gasteiger partial charge is 0.347 e. The van der Waals surface area contributed by atoms with Crippen LogP contribution in [-0.4, -0.2) is 28.5 Å². The first kappa shape index (κ1) is 17.7. The van der Waals surface area contributed by atoms with Crippen molar-refractivity contribution in [2.75, 3.05) is 13.1 Å². The predicted octanol–water partition coefficient (Wildman–Crippen LogP) is 3.64. The molecule has 2 heterocycles. The Kier molecular flexibility index (Phi) is 5.92. The topological polar surface area (TPSA) is 37.3 Å². The Morgan fingerprint density at radius 1 is 1.04 bits per heavy atom. The molecule has 1 fully saturated rings. The Morgan fingerprint density at radius 2 is 1.76 bits per heavy atom. The quantitative estimate of drug-likeness (QED) is 0.903.